The van der Waals surface area contributed by atoms with Gasteiger partial charge in [0.15, 0.2) is 6.29 Å². The van der Waals surface area contributed by atoms with Gasteiger partial charge in [-0.3, -0.25) is 4.79 Å². The van der Waals surface area contributed by atoms with Crippen LogP contribution in [0.15, 0.2) is 42.5 Å². The second-order valence-corrected chi connectivity index (χ2v) is 4.36. The van der Waals surface area contributed by atoms with Gasteiger partial charge in [-0.15, -0.1) is 0 Å². The van der Waals surface area contributed by atoms with Crippen LogP contribution in [0.5, 0.6) is 5.75 Å². The van der Waals surface area contributed by atoms with Crippen molar-refractivity contribution in [1.82, 2.24) is 0 Å². The lowest BCUT2D eigenvalue weighted by molar-refractivity contribution is 0.112. The third-order valence-corrected chi connectivity index (χ3v) is 2.93. The maximum atomic E-state index is 10.9. The number of carbonyl (C=O) groups excluding carboxylic acids is 1. The minimum absolute atomic E-state index is 0.542. The molecule has 0 heterocycles. The molecular formula is C16H16O2. The molecule has 2 aromatic carbocycles. The van der Waals surface area contributed by atoms with Crippen molar-refractivity contribution < 1.29 is 9.53 Å². The molecule has 2 aromatic rings. The average Bonchev–Trinajstić information content (AvgIpc) is 2.37. The van der Waals surface area contributed by atoms with E-state index in [4.69, 9.17) is 4.74 Å². The molecule has 0 saturated heterocycles. The van der Waals surface area contributed by atoms with Gasteiger partial charge in [0.25, 0.3) is 0 Å². The number of carbonyl (C=O) groups is 1. The van der Waals surface area contributed by atoms with Gasteiger partial charge in [-0.25, -0.2) is 0 Å². The number of ether oxygens (including phenoxy) is 1. The predicted octanol–water partition coefficient (Wildman–Crippen LogP) is 3.69. The van der Waals surface area contributed by atoms with Gasteiger partial charge in [0.05, 0.1) is 0 Å². The number of hydrogen-bond donors (Lipinski definition) is 0. The summed E-state index contributed by atoms with van der Waals surface area (Å²) in [5.74, 6) is 0.805. The van der Waals surface area contributed by atoms with Crippen molar-refractivity contribution in [2.24, 2.45) is 0 Å². The number of aldehydes is 1. The van der Waals surface area contributed by atoms with E-state index >= 15 is 0 Å². The second-order valence-electron chi connectivity index (χ2n) is 4.36. The number of benzene rings is 2. The fourth-order valence-corrected chi connectivity index (χ4v) is 1.95. The SMILES string of the molecule is Cc1cc(OCc2ccccc2)cc(C)c1C=O. The normalized spacial score (nSPS) is 10.1. The maximum Gasteiger partial charge on any atom is 0.150 e. The second kappa shape index (κ2) is 5.50. The molecule has 0 radical (unpaired) electrons. The van der Waals surface area contributed by atoms with E-state index in [0.29, 0.717) is 6.61 Å². The Hall–Kier alpha value is -2.09. The molecule has 92 valence electrons. The monoisotopic (exact) mass is 240 g/mol. The molecule has 0 aliphatic rings. The minimum atomic E-state index is 0.542. The van der Waals surface area contributed by atoms with Crippen molar-refractivity contribution in [3.05, 3.63) is 64.7 Å². The summed E-state index contributed by atoms with van der Waals surface area (Å²) in [5, 5.41) is 0. The third kappa shape index (κ3) is 2.77. The molecule has 2 nitrogen and oxygen atoms in total. The van der Waals surface area contributed by atoms with Crippen LogP contribution in [-0.2, 0) is 6.61 Å². The zero-order valence-corrected chi connectivity index (χ0v) is 10.6. The van der Waals surface area contributed by atoms with E-state index in [1.165, 1.54) is 0 Å². The maximum absolute atomic E-state index is 10.9. The summed E-state index contributed by atoms with van der Waals surface area (Å²) >= 11 is 0. The van der Waals surface area contributed by atoms with Crippen LogP contribution in [0, 0.1) is 13.8 Å². The van der Waals surface area contributed by atoms with Crippen LogP contribution in [-0.4, -0.2) is 6.29 Å². The van der Waals surface area contributed by atoms with Gasteiger partial charge in [-0.1, -0.05) is 30.3 Å². The van der Waals surface area contributed by atoms with Gasteiger partial charge in [0.2, 0.25) is 0 Å². The third-order valence-electron chi connectivity index (χ3n) is 2.93. The largest absolute Gasteiger partial charge is 0.489 e. The Bertz CT molecular complexity index is 521. The molecule has 0 atom stereocenters. The van der Waals surface area contributed by atoms with Crippen molar-refractivity contribution >= 4 is 6.29 Å². The fourth-order valence-electron chi connectivity index (χ4n) is 1.95. The van der Waals surface area contributed by atoms with Crippen LogP contribution in [0.4, 0.5) is 0 Å². The highest BCUT2D eigenvalue weighted by Crippen LogP contribution is 2.21. The van der Waals surface area contributed by atoms with Gasteiger partial charge < -0.3 is 4.74 Å². The smallest absolute Gasteiger partial charge is 0.150 e. The fraction of sp³-hybridized carbons (Fsp3) is 0.188. The molecule has 0 bridgehead atoms. The Balaban J connectivity index is 2.13. The van der Waals surface area contributed by atoms with Crippen LogP contribution >= 0.6 is 0 Å². The lowest BCUT2D eigenvalue weighted by Crippen LogP contribution is -1.98. The molecular weight excluding hydrogens is 224 g/mol. The Morgan fingerprint density at radius 3 is 2.22 bits per heavy atom. The van der Waals surface area contributed by atoms with E-state index in [-0.39, 0.29) is 0 Å². The molecule has 2 rings (SSSR count). The van der Waals surface area contributed by atoms with E-state index in [2.05, 4.69) is 0 Å². The zero-order chi connectivity index (χ0) is 13.0. The van der Waals surface area contributed by atoms with Crippen LogP contribution < -0.4 is 4.74 Å². The quantitative estimate of drug-likeness (QED) is 0.762. The van der Waals surface area contributed by atoms with E-state index in [1.54, 1.807) is 0 Å². The van der Waals surface area contributed by atoms with Crippen LogP contribution in [0.3, 0.4) is 0 Å². The molecule has 0 spiro atoms. The van der Waals surface area contributed by atoms with Gasteiger partial charge in [0, 0.05) is 5.56 Å². The highest BCUT2D eigenvalue weighted by molar-refractivity contribution is 5.80. The highest BCUT2D eigenvalue weighted by atomic mass is 16.5. The lowest BCUT2D eigenvalue weighted by atomic mass is 10.0. The molecule has 0 N–H and O–H groups in total. The molecule has 0 amide bonds. The molecule has 0 fully saturated rings. The molecule has 0 aromatic heterocycles. The van der Waals surface area contributed by atoms with Crippen molar-refractivity contribution in [3.63, 3.8) is 0 Å². The molecule has 0 aliphatic carbocycles. The van der Waals surface area contributed by atoms with Gasteiger partial charge in [0.1, 0.15) is 12.4 Å². The Morgan fingerprint density at radius 1 is 1.06 bits per heavy atom. The first-order valence-electron chi connectivity index (χ1n) is 5.94. The topological polar surface area (TPSA) is 26.3 Å². The van der Waals surface area contributed by atoms with E-state index in [9.17, 15) is 4.79 Å². The first-order chi connectivity index (χ1) is 8.70. The molecule has 18 heavy (non-hydrogen) atoms. The van der Waals surface area contributed by atoms with Crippen LogP contribution in [0.1, 0.15) is 27.0 Å². The summed E-state index contributed by atoms with van der Waals surface area (Å²) in [6.07, 6.45) is 0.894. The Kier molecular flexibility index (Phi) is 3.78. The summed E-state index contributed by atoms with van der Waals surface area (Å²) in [6, 6.07) is 13.8. The first kappa shape index (κ1) is 12.4. The summed E-state index contributed by atoms with van der Waals surface area (Å²) in [4.78, 5) is 10.9. The number of hydrogen-bond acceptors (Lipinski definition) is 2. The summed E-state index contributed by atoms with van der Waals surface area (Å²) in [5.41, 5.74) is 3.79. The minimum Gasteiger partial charge on any atom is -0.489 e. The molecule has 0 saturated carbocycles. The Morgan fingerprint density at radius 2 is 1.67 bits per heavy atom. The highest BCUT2D eigenvalue weighted by Gasteiger charge is 2.05. The number of aryl methyl sites for hydroxylation is 2. The molecule has 0 unspecified atom stereocenters. The zero-order valence-electron chi connectivity index (χ0n) is 10.6. The van der Waals surface area contributed by atoms with Crippen LogP contribution in [0.25, 0.3) is 0 Å². The average molecular weight is 240 g/mol. The van der Waals surface area contributed by atoms with Crippen molar-refractivity contribution in [3.8, 4) is 5.75 Å². The standard InChI is InChI=1S/C16H16O2/c1-12-8-15(9-13(2)16(12)10-17)18-11-14-6-4-3-5-7-14/h3-10H,11H2,1-2H3. The van der Waals surface area contributed by atoms with E-state index in [0.717, 1.165) is 34.3 Å². The summed E-state index contributed by atoms with van der Waals surface area (Å²) < 4.78 is 5.74. The lowest BCUT2D eigenvalue weighted by Gasteiger charge is -2.10. The van der Waals surface area contributed by atoms with E-state index in [1.807, 2.05) is 56.3 Å². The van der Waals surface area contributed by atoms with Gasteiger partial charge >= 0.3 is 0 Å². The van der Waals surface area contributed by atoms with Crippen LogP contribution in [0.2, 0.25) is 0 Å². The summed E-state index contributed by atoms with van der Waals surface area (Å²) in [6.45, 7) is 4.39. The van der Waals surface area contributed by atoms with Crippen molar-refractivity contribution in [1.29, 1.82) is 0 Å². The van der Waals surface area contributed by atoms with Gasteiger partial charge in [-0.05, 0) is 42.7 Å². The first-order valence-corrected chi connectivity index (χ1v) is 5.94. The predicted molar refractivity (Wildman–Crippen MR) is 72.1 cm³/mol. The molecule has 0 aliphatic heterocycles. The van der Waals surface area contributed by atoms with E-state index < -0.39 is 0 Å². The summed E-state index contributed by atoms with van der Waals surface area (Å²) in [7, 11) is 0. The van der Waals surface area contributed by atoms with Gasteiger partial charge in [-0.2, -0.15) is 0 Å². The van der Waals surface area contributed by atoms with Crippen molar-refractivity contribution in [2.75, 3.05) is 0 Å². The molecule has 2 heteroatoms. The Labute approximate surface area is 107 Å². The van der Waals surface area contributed by atoms with Crippen molar-refractivity contribution in [2.45, 2.75) is 20.5 Å². The number of rotatable bonds is 4.